The molecule has 96 valence electrons. The highest BCUT2D eigenvalue weighted by atomic mass is 16.5. The predicted octanol–water partition coefficient (Wildman–Crippen LogP) is 1.69. The lowest BCUT2D eigenvalue weighted by Gasteiger charge is -2.11. The molecule has 2 aromatic rings. The lowest BCUT2D eigenvalue weighted by Crippen LogP contribution is -2.16. The van der Waals surface area contributed by atoms with Crippen LogP contribution in [0, 0.1) is 0 Å². The van der Waals surface area contributed by atoms with Crippen LogP contribution in [0.15, 0.2) is 24.4 Å². The van der Waals surface area contributed by atoms with Gasteiger partial charge in [0.2, 0.25) is 0 Å². The van der Waals surface area contributed by atoms with Gasteiger partial charge in [-0.3, -0.25) is 4.79 Å². The Hall–Kier alpha value is -2.01. The zero-order chi connectivity index (χ0) is 13.1. The number of benzene rings is 1. The summed E-state index contributed by atoms with van der Waals surface area (Å²) >= 11 is 0. The normalized spacial score (nSPS) is 12.6. The number of hydrogen-bond acceptors (Lipinski definition) is 3. The molecule has 0 aliphatic heterocycles. The van der Waals surface area contributed by atoms with Crippen LogP contribution in [0.5, 0.6) is 5.75 Å². The lowest BCUT2D eigenvalue weighted by molar-refractivity contribution is -0.137. The fourth-order valence-electron chi connectivity index (χ4n) is 2.12. The summed E-state index contributed by atoms with van der Waals surface area (Å²) in [6.45, 7) is 0.302. The number of H-pyrrole nitrogens is 1. The van der Waals surface area contributed by atoms with E-state index >= 15 is 0 Å². The molecule has 0 saturated carbocycles. The fraction of sp³-hybridized carbons (Fsp3) is 0.308. The van der Waals surface area contributed by atoms with Crippen LogP contribution in [0.1, 0.15) is 17.9 Å². The number of nitrogens with one attached hydrogen (secondary N) is 1. The minimum Gasteiger partial charge on any atom is -0.497 e. The van der Waals surface area contributed by atoms with Gasteiger partial charge in [-0.25, -0.2) is 0 Å². The van der Waals surface area contributed by atoms with Crippen molar-refractivity contribution < 1.29 is 14.6 Å². The molecular weight excluding hydrogens is 232 g/mol. The molecule has 1 unspecified atom stereocenters. The van der Waals surface area contributed by atoms with Crippen molar-refractivity contribution in [2.75, 3.05) is 13.7 Å². The first kappa shape index (κ1) is 12.4. The van der Waals surface area contributed by atoms with Crippen molar-refractivity contribution in [2.45, 2.75) is 12.3 Å². The van der Waals surface area contributed by atoms with Gasteiger partial charge in [0.1, 0.15) is 5.75 Å². The molecule has 5 heteroatoms. The van der Waals surface area contributed by atoms with Crippen molar-refractivity contribution in [3.63, 3.8) is 0 Å². The van der Waals surface area contributed by atoms with Crippen molar-refractivity contribution in [3.8, 4) is 5.75 Å². The van der Waals surface area contributed by atoms with Crippen LogP contribution in [0.4, 0.5) is 0 Å². The number of carbonyl (C=O) groups is 1. The molecule has 0 saturated heterocycles. The third-order valence-electron chi connectivity index (χ3n) is 3.07. The summed E-state index contributed by atoms with van der Waals surface area (Å²) in [4.78, 5) is 14.0. The molecule has 0 aliphatic rings. The molecule has 2 rings (SSSR count). The number of aromatic nitrogens is 1. The number of methoxy groups -OCH3 is 1. The average Bonchev–Trinajstić information content (AvgIpc) is 2.78. The molecule has 4 N–H and O–H groups in total. The largest absolute Gasteiger partial charge is 0.497 e. The molecule has 0 radical (unpaired) electrons. The van der Waals surface area contributed by atoms with Crippen LogP contribution >= 0.6 is 0 Å². The summed E-state index contributed by atoms with van der Waals surface area (Å²) in [5, 5.41) is 9.86. The third kappa shape index (κ3) is 2.31. The highest BCUT2D eigenvalue weighted by Gasteiger charge is 2.18. The summed E-state index contributed by atoms with van der Waals surface area (Å²) in [7, 11) is 1.60. The third-order valence-corrected chi connectivity index (χ3v) is 3.07. The summed E-state index contributed by atoms with van der Waals surface area (Å²) in [6.07, 6.45) is 1.85. The van der Waals surface area contributed by atoms with Gasteiger partial charge in [-0.05, 0) is 30.3 Å². The highest BCUT2D eigenvalue weighted by molar-refractivity contribution is 5.85. The van der Waals surface area contributed by atoms with Gasteiger partial charge in [0.25, 0.3) is 0 Å². The van der Waals surface area contributed by atoms with E-state index in [0.717, 1.165) is 22.2 Å². The van der Waals surface area contributed by atoms with Gasteiger partial charge in [0.05, 0.1) is 13.5 Å². The smallest absolute Gasteiger partial charge is 0.304 e. The second-order valence-electron chi connectivity index (χ2n) is 4.19. The number of ether oxygens (including phenoxy) is 1. The molecule has 0 amide bonds. The van der Waals surface area contributed by atoms with E-state index in [1.54, 1.807) is 7.11 Å². The minimum absolute atomic E-state index is 0.0284. The van der Waals surface area contributed by atoms with E-state index in [1.165, 1.54) is 0 Å². The topological polar surface area (TPSA) is 88.3 Å². The van der Waals surface area contributed by atoms with E-state index in [-0.39, 0.29) is 12.3 Å². The lowest BCUT2D eigenvalue weighted by atomic mass is 9.95. The van der Waals surface area contributed by atoms with Crippen molar-refractivity contribution in [3.05, 3.63) is 30.0 Å². The van der Waals surface area contributed by atoms with E-state index < -0.39 is 5.97 Å². The first-order valence-electron chi connectivity index (χ1n) is 5.72. The summed E-state index contributed by atoms with van der Waals surface area (Å²) in [5.41, 5.74) is 7.54. The molecule has 1 atom stereocenters. The predicted molar refractivity (Wildman–Crippen MR) is 68.9 cm³/mol. The molecule has 0 bridgehead atoms. The van der Waals surface area contributed by atoms with E-state index in [1.807, 2.05) is 24.4 Å². The van der Waals surface area contributed by atoms with Gasteiger partial charge in [-0.2, -0.15) is 0 Å². The molecule has 1 aromatic heterocycles. The van der Waals surface area contributed by atoms with E-state index in [2.05, 4.69) is 4.98 Å². The summed E-state index contributed by atoms with van der Waals surface area (Å²) < 4.78 is 5.18. The molecule has 18 heavy (non-hydrogen) atoms. The number of fused-ring (bicyclic) bond motifs is 1. The zero-order valence-corrected chi connectivity index (χ0v) is 10.1. The van der Waals surface area contributed by atoms with Crippen molar-refractivity contribution >= 4 is 16.9 Å². The summed E-state index contributed by atoms with van der Waals surface area (Å²) in [6, 6.07) is 5.66. The maximum atomic E-state index is 10.8. The Kier molecular flexibility index (Phi) is 3.53. The maximum Gasteiger partial charge on any atom is 0.304 e. The van der Waals surface area contributed by atoms with Crippen molar-refractivity contribution in [2.24, 2.45) is 5.73 Å². The number of hydrogen-bond donors (Lipinski definition) is 3. The van der Waals surface area contributed by atoms with Gasteiger partial charge in [-0.15, -0.1) is 0 Å². The van der Waals surface area contributed by atoms with Gasteiger partial charge in [-0.1, -0.05) is 0 Å². The van der Waals surface area contributed by atoms with Gasteiger partial charge >= 0.3 is 5.97 Å². The fourth-order valence-corrected chi connectivity index (χ4v) is 2.12. The van der Waals surface area contributed by atoms with E-state index in [0.29, 0.717) is 6.54 Å². The Bertz CT molecular complexity index is 562. The number of aromatic amines is 1. The number of carboxylic acid groups (broad SMARTS) is 1. The monoisotopic (exact) mass is 248 g/mol. The highest BCUT2D eigenvalue weighted by Crippen LogP contribution is 2.30. The van der Waals surface area contributed by atoms with Crippen LogP contribution in [-0.4, -0.2) is 29.7 Å². The first-order valence-corrected chi connectivity index (χ1v) is 5.72. The Balaban J connectivity index is 2.45. The van der Waals surface area contributed by atoms with Gasteiger partial charge < -0.3 is 20.6 Å². The molecule has 0 spiro atoms. The molecule has 5 nitrogen and oxygen atoms in total. The second-order valence-corrected chi connectivity index (χ2v) is 4.19. The van der Waals surface area contributed by atoms with Gasteiger partial charge in [0.15, 0.2) is 0 Å². The van der Waals surface area contributed by atoms with Crippen LogP contribution < -0.4 is 10.5 Å². The first-order chi connectivity index (χ1) is 8.65. The van der Waals surface area contributed by atoms with Crippen molar-refractivity contribution in [1.82, 2.24) is 4.98 Å². The quantitative estimate of drug-likeness (QED) is 0.751. The average molecular weight is 248 g/mol. The van der Waals surface area contributed by atoms with Crippen LogP contribution in [0.3, 0.4) is 0 Å². The Labute approximate surface area is 105 Å². The Morgan fingerprint density at radius 1 is 1.56 bits per heavy atom. The minimum atomic E-state index is -0.845. The van der Waals surface area contributed by atoms with Crippen LogP contribution in [0.25, 0.3) is 10.9 Å². The Morgan fingerprint density at radius 3 is 2.94 bits per heavy atom. The van der Waals surface area contributed by atoms with Gasteiger partial charge in [0, 0.05) is 23.0 Å². The number of carboxylic acids is 1. The number of rotatable bonds is 5. The molecule has 0 fully saturated rings. The molecular formula is C13H16N2O3. The molecule has 0 aliphatic carbocycles. The SMILES string of the molecule is COc1ccc2[nH]cc(C(CN)CC(=O)O)c2c1. The second kappa shape index (κ2) is 5.10. The molecule has 1 aromatic carbocycles. The number of aliphatic carboxylic acids is 1. The van der Waals surface area contributed by atoms with E-state index in [4.69, 9.17) is 15.6 Å². The van der Waals surface area contributed by atoms with Crippen LogP contribution in [-0.2, 0) is 4.79 Å². The van der Waals surface area contributed by atoms with Crippen LogP contribution in [0.2, 0.25) is 0 Å². The standard InChI is InChI=1S/C13H16N2O3/c1-18-9-2-3-12-10(5-9)11(7-15-12)8(6-14)4-13(16)17/h2-3,5,7-8,15H,4,6,14H2,1H3,(H,16,17). The number of nitrogens with two attached hydrogens (primary N) is 1. The van der Waals surface area contributed by atoms with E-state index in [9.17, 15) is 4.79 Å². The Morgan fingerprint density at radius 2 is 2.33 bits per heavy atom. The summed E-state index contributed by atoms with van der Waals surface area (Å²) in [5.74, 6) is -0.291. The maximum absolute atomic E-state index is 10.8. The van der Waals surface area contributed by atoms with Crippen molar-refractivity contribution in [1.29, 1.82) is 0 Å². The zero-order valence-electron chi connectivity index (χ0n) is 10.1. The molecule has 1 heterocycles.